The fraction of sp³-hybridized carbons (Fsp3) is 0.680. The lowest BCUT2D eigenvalue weighted by Crippen LogP contribution is -2.33. The summed E-state index contributed by atoms with van der Waals surface area (Å²) in [5.41, 5.74) is 0.970. The van der Waals surface area contributed by atoms with Gasteiger partial charge < -0.3 is 19.1 Å². The van der Waals surface area contributed by atoms with E-state index in [0.29, 0.717) is 29.8 Å². The summed E-state index contributed by atoms with van der Waals surface area (Å²) < 4.78 is 42.8. The number of hydrogen-bond donors (Lipinski definition) is 0. The molecule has 0 aliphatic carbocycles. The minimum Gasteiger partial charge on any atom is -0.483 e. The summed E-state index contributed by atoms with van der Waals surface area (Å²) in [5.74, 6) is -1.40. The van der Waals surface area contributed by atoms with Crippen molar-refractivity contribution in [3.63, 3.8) is 0 Å². The molecule has 0 N–H and O–H groups in total. The van der Waals surface area contributed by atoms with Crippen LogP contribution in [-0.2, 0) is 22.4 Å². The fourth-order valence-electron chi connectivity index (χ4n) is 4.44. The zero-order chi connectivity index (χ0) is 25.5. The number of alkyl halides is 2. The lowest BCUT2D eigenvalue weighted by molar-refractivity contribution is -0.123. The largest absolute Gasteiger partial charge is 0.483 e. The normalized spacial score (nSPS) is 21.0. The number of hydrogen-bond acceptors (Lipinski definition) is 9. The quantitative estimate of drug-likeness (QED) is 0.438. The lowest BCUT2D eigenvalue weighted by atomic mass is 9.93. The highest BCUT2D eigenvalue weighted by Crippen LogP contribution is 2.30. The Morgan fingerprint density at radius 2 is 2.00 bits per heavy atom. The van der Waals surface area contributed by atoms with Gasteiger partial charge in [0.15, 0.2) is 18.1 Å². The molecule has 2 aromatic rings. The molecule has 198 valence electrons. The molecule has 4 heterocycles. The summed E-state index contributed by atoms with van der Waals surface area (Å²) in [4.78, 5) is 28.4. The second-order valence-electron chi connectivity index (χ2n) is 9.74. The number of nitrogens with zero attached hydrogens (tertiary/aromatic N) is 4. The van der Waals surface area contributed by atoms with Crippen LogP contribution in [0.25, 0.3) is 0 Å². The summed E-state index contributed by atoms with van der Waals surface area (Å²) in [6.07, 6.45) is 8.36. The van der Waals surface area contributed by atoms with Gasteiger partial charge in [-0.3, -0.25) is 4.79 Å². The molecule has 0 amide bonds. The molecule has 2 atom stereocenters. The van der Waals surface area contributed by atoms with Gasteiger partial charge in [-0.2, -0.15) is 0 Å². The van der Waals surface area contributed by atoms with E-state index in [1.54, 1.807) is 19.3 Å². The monoisotopic (exact) mass is 524 g/mol. The molecule has 1 fully saturated rings. The molecule has 4 rings (SSSR count). The first kappa shape index (κ1) is 26.8. The van der Waals surface area contributed by atoms with E-state index < -0.39 is 12.5 Å². The van der Waals surface area contributed by atoms with Crippen LogP contribution in [0.3, 0.4) is 0 Å². The van der Waals surface area contributed by atoms with E-state index >= 15 is 0 Å². The van der Waals surface area contributed by atoms with Crippen LogP contribution < -0.4 is 9.47 Å². The molecule has 0 radical (unpaired) electrons. The maximum Gasteiger partial charge on any atom is 0.278 e. The van der Waals surface area contributed by atoms with Crippen molar-refractivity contribution in [2.24, 2.45) is 5.92 Å². The summed E-state index contributed by atoms with van der Waals surface area (Å²) in [6.45, 7) is 5.37. The van der Waals surface area contributed by atoms with Crippen molar-refractivity contribution in [3.8, 4) is 10.9 Å². The smallest absolute Gasteiger partial charge is 0.278 e. The summed E-state index contributed by atoms with van der Waals surface area (Å²) in [7, 11) is 0. The van der Waals surface area contributed by atoms with Crippen molar-refractivity contribution < 1.29 is 27.8 Å². The molecular formula is C25H34F2N4O4S. The van der Waals surface area contributed by atoms with Gasteiger partial charge in [-0.1, -0.05) is 11.3 Å². The van der Waals surface area contributed by atoms with Crippen molar-refractivity contribution in [1.29, 1.82) is 0 Å². The van der Waals surface area contributed by atoms with Crippen LogP contribution in [0.5, 0.6) is 10.9 Å². The Morgan fingerprint density at radius 3 is 2.72 bits per heavy atom. The van der Waals surface area contributed by atoms with Gasteiger partial charge >= 0.3 is 0 Å². The first-order valence-corrected chi connectivity index (χ1v) is 13.3. The number of ketones is 1. The number of rotatable bonds is 11. The number of carbonyl (C=O) groups is 1. The van der Waals surface area contributed by atoms with Crippen LogP contribution in [0, 0.1) is 12.8 Å². The standard InChI is InChI=1S/C25H34F2N4O4S/c1-17-28-12-21(13-29-17)34-15-19(32)11-18-3-4-20(33-14-18)5-8-31-9-6-22-23(7-10-31)36-24(30-22)35-16-25(2,26)27/h12-13,18,20H,3-11,14-16H2,1-2H3/t18-,20-/m1/s1. The van der Waals surface area contributed by atoms with E-state index in [1.165, 1.54) is 11.3 Å². The van der Waals surface area contributed by atoms with Gasteiger partial charge in [0.2, 0.25) is 0 Å². The molecule has 0 spiro atoms. The molecule has 0 saturated carbocycles. The molecular weight excluding hydrogens is 490 g/mol. The Morgan fingerprint density at radius 1 is 1.22 bits per heavy atom. The second kappa shape index (κ2) is 12.3. The molecule has 0 unspecified atom stereocenters. The van der Waals surface area contributed by atoms with Gasteiger partial charge in [0.1, 0.15) is 12.4 Å². The maximum absolute atomic E-state index is 13.0. The molecule has 2 aliphatic rings. The number of halogens is 2. The minimum atomic E-state index is -2.86. The average Bonchev–Trinajstić information content (AvgIpc) is 3.15. The Balaban J connectivity index is 1.11. The van der Waals surface area contributed by atoms with Crippen LogP contribution >= 0.6 is 11.3 Å². The van der Waals surface area contributed by atoms with Gasteiger partial charge in [0.05, 0.1) is 30.8 Å². The predicted octanol–water partition coefficient (Wildman–Crippen LogP) is 3.90. The van der Waals surface area contributed by atoms with E-state index in [4.69, 9.17) is 14.2 Å². The van der Waals surface area contributed by atoms with Crippen LogP contribution in [0.2, 0.25) is 0 Å². The number of Topliss-reactive ketones (excluding diaryl/α,β-unsaturated/α-hetero) is 1. The summed E-state index contributed by atoms with van der Waals surface area (Å²) >= 11 is 1.38. The van der Waals surface area contributed by atoms with Gasteiger partial charge in [0, 0.05) is 44.3 Å². The molecule has 2 aromatic heterocycles. The van der Waals surface area contributed by atoms with E-state index in [-0.39, 0.29) is 24.4 Å². The van der Waals surface area contributed by atoms with Crippen LogP contribution in [0.15, 0.2) is 12.4 Å². The highest BCUT2D eigenvalue weighted by Gasteiger charge is 2.26. The predicted molar refractivity (Wildman–Crippen MR) is 131 cm³/mol. The van der Waals surface area contributed by atoms with Gasteiger partial charge in [-0.15, -0.1) is 0 Å². The number of thiazole rings is 1. The number of carbonyl (C=O) groups excluding carboxylic acids is 1. The molecule has 1 saturated heterocycles. The van der Waals surface area contributed by atoms with Crippen molar-refractivity contribution >= 4 is 17.1 Å². The fourth-order valence-corrected chi connectivity index (χ4v) is 5.38. The molecule has 8 nitrogen and oxygen atoms in total. The Labute approximate surface area is 214 Å². The van der Waals surface area contributed by atoms with E-state index in [0.717, 1.165) is 69.2 Å². The van der Waals surface area contributed by atoms with Crippen LogP contribution in [0.1, 0.15) is 49.0 Å². The molecule has 11 heteroatoms. The Hall–Kier alpha value is -2.24. The van der Waals surface area contributed by atoms with Crippen LogP contribution in [-0.4, -0.2) is 77.1 Å². The lowest BCUT2D eigenvalue weighted by Gasteiger charge is -2.30. The van der Waals surface area contributed by atoms with E-state index in [2.05, 4.69) is 19.9 Å². The van der Waals surface area contributed by atoms with Crippen molar-refractivity contribution in [2.45, 2.75) is 64.4 Å². The number of fused-ring (bicyclic) bond motifs is 1. The number of ether oxygens (including phenoxy) is 3. The average molecular weight is 525 g/mol. The minimum absolute atomic E-state index is 0.0281. The van der Waals surface area contributed by atoms with Crippen molar-refractivity contribution in [1.82, 2.24) is 19.9 Å². The zero-order valence-corrected chi connectivity index (χ0v) is 21.7. The zero-order valence-electron chi connectivity index (χ0n) is 20.9. The molecule has 36 heavy (non-hydrogen) atoms. The first-order valence-electron chi connectivity index (χ1n) is 12.5. The maximum atomic E-state index is 13.0. The van der Waals surface area contributed by atoms with Crippen molar-refractivity contribution in [2.75, 3.05) is 39.5 Å². The topological polar surface area (TPSA) is 86.7 Å². The Kier molecular flexibility index (Phi) is 9.19. The molecule has 0 aromatic carbocycles. The molecule has 0 bridgehead atoms. The third-order valence-electron chi connectivity index (χ3n) is 6.43. The highest BCUT2D eigenvalue weighted by molar-refractivity contribution is 7.13. The van der Waals surface area contributed by atoms with Gasteiger partial charge in [-0.25, -0.2) is 23.7 Å². The third kappa shape index (κ3) is 8.41. The summed E-state index contributed by atoms with van der Waals surface area (Å²) in [5, 5.41) is 0.342. The second-order valence-corrected chi connectivity index (χ2v) is 10.8. The SMILES string of the molecule is Cc1ncc(OCC(=O)C[C@H]2CC[C@H](CCN3CCc4nc(OCC(C)(F)F)sc4CC3)OC2)cn1. The van der Waals surface area contributed by atoms with E-state index in [1.807, 2.05) is 0 Å². The summed E-state index contributed by atoms with van der Waals surface area (Å²) in [6, 6.07) is 0. The molecule has 2 aliphatic heterocycles. The van der Waals surface area contributed by atoms with Gasteiger partial charge in [-0.05, 0) is 38.5 Å². The van der Waals surface area contributed by atoms with Gasteiger partial charge in [0.25, 0.3) is 11.1 Å². The number of aromatic nitrogens is 3. The Bertz CT molecular complexity index is 965. The first-order chi connectivity index (χ1) is 17.2. The van der Waals surface area contributed by atoms with Crippen LogP contribution in [0.4, 0.5) is 8.78 Å². The van der Waals surface area contributed by atoms with E-state index in [9.17, 15) is 13.6 Å². The van der Waals surface area contributed by atoms with Crippen molar-refractivity contribution in [3.05, 3.63) is 28.8 Å². The number of aryl methyl sites for hydroxylation is 1. The third-order valence-corrected chi connectivity index (χ3v) is 7.50. The highest BCUT2D eigenvalue weighted by atomic mass is 32.1.